The lowest BCUT2D eigenvalue weighted by Gasteiger charge is -2.34. The van der Waals surface area contributed by atoms with E-state index in [2.05, 4.69) is 11.0 Å². The van der Waals surface area contributed by atoms with Gasteiger partial charge in [-0.3, -0.25) is 0 Å². The molecule has 5 nitrogen and oxygen atoms in total. The lowest BCUT2D eigenvalue weighted by atomic mass is 9.96. The van der Waals surface area contributed by atoms with Gasteiger partial charge in [-0.15, -0.1) is 0 Å². The zero-order valence-corrected chi connectivity index (χ0v) is 19.4. The molecule has 7 heteroatoms. The van der Waals surface area contributed by atoms with Crippen molar-refractivity contribution in [3.63, 3.8) is 0 Å². The van der Waals surface area contributed by atoms with E-state index in [1.807, 2.05) is 0 Å². The van der Waals surface area contributed by atoms with Gasteiger partial charge in [0.2, 0.25) is 0 Å². The molecule has 176 valence electrons. The van der Waals surface area contributed by atoms with Crippen molar-refractivity contribution in [3.8, 4) is 22.9 Å². The van der Waals surface area contributed by atoms with Gasteiger partial charge in [-0.1, -0.05) is 6.07 Å². The monoisotopic (exact) mass is 456 g/mol. The van der Waals surface area contributed by atoms with Crippen LogP contribution in [0.1, 0.15) is 49.5 Å². The molecule has 2 aromatic carbocycles. The number of alkyl halides is 1. The molecule has 1 heterocycles. The highest BCUT2D eigenvalue weighted by molar-refractivity contribution is 5.90. The Hall–Kier alpha value is -2.98. The maximum absolute atomic E-state index is 14.4. The van der Waals surface area contributed by atoms with Crippen molar-refractivity contribution in [1.29, 1.82) is 5.26 Å². The van der Waals surface area contributed by atoms with E-state index < -0.39 is 17.5 Å². The first kappa shape index (κ1) is 24.7. The minimum absolute atomic E-state index is 0.139. The summed E-state index contributed by atoms with van der Waals surface area (Å²) in [5.41, 5.74) is 0.0740. The van der Waals surface area contributed by atoms with Crippen LogP contribution in [-0.2, 0) is 4.74 Å². The van der Waals surface area contributed by atoms with Crippen LogP contribution in [0.15, 0.2) is 36.4 Å². The van der Waals surface area contributed by atoms with Crippen molar-refractivity contribution in [2.75, 3.05) is 32.8 Å². The standard InChI is InChI=1S/C26H30F2N2O3/c1-4-32-25(31)23-7-5-19(14-24(23)27)22-8-6-21(13-20(22)15-29)33-16-18-9-11-30(12-10-18)17-26(2,3)28/h5-8,13-14,18H,4,9-12,16-17H2,1-3H3. The van der Waals surface area contributed by atoms with Crippen molar-refractivity contribution in [3.05, 3.63) is 53.3 Å². The van der Waals surface area contributed by atoms with Crippen LogP contribution in [0.2, 0.25) is 0 Å². The topological polar surface area (TPSA) is 62.6 Å². The van der Waals surface area contributed by atoms with Crippen LogP contribution < -0.4 is 4.74 Å². The van der Waals surface area contributed by atoms with Crippen LogP contribution in [0.4, 0.5) is 8.78 Å². The average molecular weight is 457 g/mol. The first-order chi connectivity index (χ1) is 15.7. The van der Waals surface area contributed by atoms with Gasteiger partial charge in [0.05, 0.1) is 30.4 Å². The molecule has 0 N–H and O–H groups in total. The maximum atomic E-state index is 14.4. The highest BCUT2D eigenvalue weighted by Gasteiger charge is 2.25. The van der Waals surface area contributed by atoms with Gasteiger partial charge in [0.25, 0.3) is 0 Å². The molecule has 0 aromatic heterocycles. The number of ether oxygens (including phenoxy) is 2. The molecule has 0 bridgehead atoms. The van der Waals surface area contributed by atoms with E-state index >= 15 is 0 Å². The van der Waals surface area contributed by atoms with Crippen molar-refractivity contribution in [2.24, 2.45) is 5.92 Å². The van der Waals surface area contributed by atoms with Gasteiger partial charge in [0, 0.05) is 6.54 Å². The molecule has 0 radical (unpaired) electrons. The third-order valence-electron chi connectivity index (χ3n) is 5.68. The highest BCUT2D eigenvalue weighted by Crippen LogP contribution is 2.29. The fourth-order valence-electron chi connectivity index (χ4n) is 4.07. The lowest BCUT2D eigenvalue weighted by molar-refractivity contribution is 0.0521. The minimum Gasteiger partial charge on any atom is -0.493 e. The second kappa shape index (κ2) is 10.8. The summed E-state index contributed by atoms with van der Waals surface area (Å²) in [5, 5.41) is 9.62. The van der Waals surface area contributed by atoms with Gasteiger partial charge in [-0.25, -0.2) is 13.6 Å². The third kappa shape index (κ3) is 6.75. The van der Waals surface area contributed by atoms with E-state index in [1.54, 1.807) is 45.0 Å². The summed E-state index contributed by atoms with van der Waals surface area (Å²) in [6.07, 6.45) is 1.87. The molecule has 1 saturated heterocycles. The molecule has 0 aliphatic carbocycles. The first-order valence-electron chi connectivity index (χ1n) is 11.3. The Balaban J connectivity index is 1.63. The van der Waals surface area contributed by atoms with Crippen LogP contribution in [0.3, 0.4) is 0 Å². The lowest BCUT2D eigenvalue weighted by Crippen LogP contribution is -2.41. The number of halogens is 2. The molecule has 0 atom stereocenters. The second-order valence-electron chi connectivity index (χ2n) is 8.98. The first-order valence-corrected chi connectivity index (χ1v) is 11.3. The Morgan fingerprint density at radius 3 is 2.55 bits per heavy atom. The quantitative estimate of drug-likeness (QED) is 0.499. The van der Waals surface area contributed by atoms with Crippen molar-refractivity contribution < 1.29 is 23.0 Å². The molecule has 0 spiro atoms. The molecule has 1 fully saturated rings. The number of carbonyl (C=O) groups excluding carboxylic acids is 1. The molecule has 2 aromatic rings. The summed E-state index contributed by atoms with van der Waals surface area (Å²) < 4.78 is 39.1. The van der Waals surface area contributed by atoms with E-state index in [1.165, 1.54) is 12.1 Å². The Morgan fingerprint density at radius 2 is 1.94 bits per heavy atom. The van der Waals surface area contributed by atoms with Gasteiger partial charge < -0.3 is 14.4 Å². The Morgan fingerprint density at radius 1 is 1.21 bits per heavy atom. The number of hydrogen-bond donors (Lipinski definition) is 0. The van der Waals surface area contributed by atoms with Gasteiger partial charge >= 0.3 is 5.97 Å². The van der Waals surface area contributed by atoms with Crippen LogP contribution >= 0.6 is 0 Å². The number of nitriles is 1. The van der Waals surface area contributed by atoms with Crippen LogP contribution in [0.25, 0.3) is 11.1 Å². The number of carbonyl (C=O) groups is 1. The van der Waals surface area contributed by atoms with Crippen LogP contribution in [0, 0.1) is 23.1 Å². The summed E-state index contributed by atoms with van der Waals surface area (Å²) >= 11 is 0. The summed E-state index contributed by atoms with van der Waals surface area (Å²) in [4.78, 5) is 14.0. The van der Waals surface area contributed by atoms with E-state index in [4.69, 9.17) is 9.47 Å². The highest BCUT2D eigenvalue weighted by atomic mass is 19.1. The molecule has 0 amide bonds. The maximum Gasteiger partial charge on any atom is 0.341 e. The number of hydrogen-bond acceptors (Lipinski definition) is 5. The van der Waals surface area contributed by atoms with E-state index in [9.17, 15) is 18.8 Å². The Kier molecular flexibility index (Phi) is 8.04. The molecular formula is C26H30F2N2O3. The summed E-state index contributed by atoms with van der Waals surface area (Å²) in [7, 11) is 0. The average Bonchev–Trinajstić information content (AvgIpc) is 2.77. The molecule has 0 saturated carbocycles. The normalized spacial score (nSPS) is 15.2. The predicted octanol–water partition coefficient (Wildman–Crippen LogP) is 5.38. The fourth-order valence-corrected chi connectivity index (χ4v) is 4.07. The molecule has 3 rings (SSSR count). The Bertz CT molecular complexity index is 1020. The zero-order valence-electron chi connectivity index (χ0n) is 19.4. The van der Waals surface area contributed by atoms with Crippen molar-refractivity contribution in [2.45, 2.75) is 39.3 Å². The summed E-state index contributed by atoms with van der Waals surface area (Å²) in [6.45, 7) is 7.67. The predicted molar refractivity (Wildman–Crippen MR) is 122 cm³/mol. The van der Waals surface area contributed by atoms with Gasteiger partial charge in [-0.2, -0.15) is 5.26 Å². The fraction of sp³-hybridized carbons (Fsp3) is 0.462. The number of nitrogens with zero attached hydrogens (tertiary/aromatic N) is 2. The number of esters is 1. The molecular weight excluding hydrogens is 426 g/mol. The van der Waals surface area contributed by atoms with Crippen LogP contribution in [-0.4, -0.2) is 49.4 Å². The van der Waals surface area contributed by atoms with Gasteiger partial charge in [-0.05, 0) is 94.1 Å². The van der Waals surface area contributed by atoms with Gasteiger partial charge in [0.1, 0.15) is 17.2 Å². The molecule has 0 unspecified atom stereocenters. The summed E-state index contributed by atoms with van der Waals surface area (Å²) in [5.74, 6) is -0.465. The molecule has 1 aliphatic rings. The van der Waals surface area contributed by atoms with Crippen LogP contribution in [0.5, 0.6) is 5.75 Å². The largest absolute Gasteiger partial charge is 0.493 e. The zero-order chi connectivity index (χ0) is 24.0. The minimum atomic E-state index is -1.19. The smallest absolute Gasteiger partial charge is 0.341 e. The number of rotatable bonds is 8. The SMILES string of the molecule is CCOC(=O)c1ccc(-c2ccc(OCC3CCN(CC(C)(C)F)CC3)cc2C#N)cc1F. The van der Waals surface area contributed by atoms with Gasteiger partial charge in [0.15, 0.2) is 0 Å². The van der Waals surface area contributed by atoms with Crippen molar-refractivity contribution >= 4 is 5.97 Å². The second-order valence-corrected chi connectivity index (χ2v) is 8.98. The van der Waals surface area contributed by atoms with E-state index in [-0.39, 0.29) is 12.2 Å². The molecule has 33 heavy (non-hydrogen) atoms. The Labute approximate surface area is 193 Å². The number of piperidine rings is 1. The van der Waals surface area contributed by atoms with E-state index in [0.29, 0.717) is 41.5 Å². The molecule has 1 aliphatic heterocycles. The summed E-state index contributed by atoms with van der Waals surface area (Å²) in [6, 6.07) is 11.5. The number of benzene rings is 2. The number of likely N-dealkylation sites (tertiary alicyclic amines) is 1. The third-order valence-corrected chi connectivity index (χ3v) is 5.68. The van der Waals surface area contributed by atoms with Crippen molar-refractivity contribution in [1.82, 2.24) is 4.90 Å². The van der Waals surface area contributed by atoms with E-state index in [0.717, 1.165) is 25.9 Å².